The van der Waals surface area contributed by atoms with Crippen LogP contribution in [0, 0.1) is 0 Å². The minimum absolute atomic E-state index is 0.492. The molecular weight excluding hydrogens is 198 g/mol. The third-order valence-electron chi connectivity index (χ3n) is 3.52. The predicted octanol–water partition coefficient (Wildman–Crippen LogP) is 2.51. The maximum atomic E-state index is 9.95. The molecule has 2 nitrogen and oxygen atoms in total. The fourth-order valence-electron chi connectivity index (χ4n) is 2.03. The minimum Gasteiger partial charge on any atom is -0.385 e. The van der Waals surface area contributed by atoms with Crippen LogP contribution in [0.3, 0.4) is 0 Å². The summed E-state index contributed by atoms with van der Waals surface area (Å²) in [6.45, 7) is 7.55. The zero-order valence-corrected chi connectivity index (χ0v) is 10.2. The number of hydrogen-bond donors (Lipinski definition) is 1. The van der Waals surface area contributed by atoms with Gasteiger partial charge in [-0.1, -0.05) is 38.1 Å². The Morgan fingerprint density at radius 1 is 1.12 bits per heavy atom. The van der Waals surface area contributed by atoms with E-state index in [0.29, 0.717) is 0 Å². The van der Waals surface area contributed by atoms with Gasteiger partial charge in [0.1, 0.15) is 0 Å². The molecule has 0 atom stereocenters. The van der Waals surface area contributed by atoms with Crippen molar-refractivity contribution in [1.82, 2.24) is 4.90 Å². The van der Waals surface area contributed by atoms with Crippen molar-refractivity contribution in [3.63, 3.8) is 0 Å². The smallest absolute Gasteiger partial charge is 0.0899 e. The lowest BCUT2D eigenvalue weighted by atomic mass is 10.1. The molecule has 88 valence electrons. The Bertz CT molecular complexity index is 336. The molecule has 0 unspecified atom stereocenters. The lowest BCUT2D eigenvalue weighted by Gasteiger charge is -2.18. The van der Waals surface area contributed by atoms with E-state index in [2.05, 4.69) is 43.0 Å². The molecule has 0 saturated heterocycles. The van der Waals surface area contributed by atoms with Crippen molar-refractivity contribution >= 4 is 0 Å². The molecule has 2 rings (SSSR count). The Kier molecular flexibility index (Phi) is 3.31. The van der Waals surface area contributed by atoms with Gasteiger partial charge >= 0.3 is 0 Å². The van der Waals surface area contributed by atoms with E-state index in [1.807, 2.05) is 0 Å². The van der Waals surface area contributed by atoms with Gasteiger partial charge in [0.25, 0.3) is 0 Å². The number of benzene rings is 1. The van der Waals surface area contributed by atoms with Gasteiger partial charge in [-0.15, -0.1) is 0 Å². The van der Waals surface area contributed by atoms with Crippen LogP contribution in [-0.2, 0) is 12.1 Å². The molecule has 1 saturated carbocycles. The van der Waals surface area contributed by atoms with Crippen LogP contribution in [0.4, 0.5) is 0 Å². The molecule has 2 heteroatoms. The van der Waals surface area contributed by atoms with Crippen LogP contribution < -0.4 is 0 Å². The van der Waals surface area contributed by atoms with Crippen molar-refractivity contribution in [2.45, 2.75) is 38.8 Å². The average molecular weight is 219 g/mol. The molecule has 1 aromatic carbocycles. The molecule has 0 aromatic heterocycles. The van der Waals surface area contributed by atoms with Gasteiger partial charge in [0.15, 0.2) is 0 Å². The van der Waals surface area contributed by atoms with Gasteiger partial charge in [-0.3, -0.25) is 4.90 Å². The van der Waals surface area contributed by atoms with Gasteiger partial charge in [-0.2, -0.15) is 0 Å². The van der Waals surface area contributed by atoms with Crippen LogP contribution in [-0.4, -0.2) is 23.1 Å². The molecule has 1 N–H and O–H groups in total. The Labute approximate surface area is 97.9 Å². The first-order chi connectivity index (χ1) is 7.68. The molecule has 1 aliphatic carbocycles. The number of nitrogens with zero attached hydrogens (tertiary/aromatic N) is 1. The Morgan fingerprint density at radius 3 is 2.12 bits per heavy atom. The summed E-state index contributed by atoms with van der Waals surface area (Å²) in [5.41, 5.74) is 1.92. The second-order valence-electron chi connectivity index (χ2n) is 4.69. The molecule has 0 radical (unpaired) electrons. The molecule has 16 heavy (non-hydrogen) atoms. The van der Waals surface area contributed by atoms with E-state index in [9.17, 15) is 5.11 Å². The van der Waals surface area contributed by atoms with E-state index in [4.69, 9.17) is 0 Å². The van der Waals surface area contributed by atoms with E-state index in [1.54, 1.807) is 0 Å². The second kappa shape index (κ2) is 4.56. The highest BCUT2D eigenvalue weighted by atomic mass is 16.3. The molecule has 0 amide bonds. The average Bonchev–Trinajstić information content (AvgIpc) is 3.06. The number of aliphatic hydroxyl groups is 1. The first-order valence-corrected chi connectivity index (χ1v) is 6.22. The first kappa shape index (κ1) is 11.6. The van der Waals surface area contributed by atoms with Crippen molar-refractivity contribution in [2.75, 3.05) is 13.1 Å². The highest BCUT2D eigenvalue weighted by Gasteiger charge is 2.41. The fourth-order valence-corrected chi connectivity index (χ4v) is 2.03. The molecule has 1 aromatic rings. The third kappa shape index (κ3) is 2.45. The van der Waals surface area contributed by atoms with Gasteiger partial charge in [0.05, 0.1) is 5.60 Å². The molecule has 0 aliphatic heterocycles. The second-order valence-corrected chi connectivity index (χ2v) is 4.69. The Morgan fingerprint density at radius 2 is 1.69 bits per heavy atom. The molecule has 1 aliphatic rings. The van der Waals surface area contributed by atoms with Gasteiger partial charge in [0, 0.05) is 6.54 Å². The fraction of sp³-hybridized carbons (Fsp3) is 0.571. The van der Waals surface area contributed by atoms with Crippen molar-refractivity contribution in [3.05, 3.63) is 35.4 Å². The van der Waals surface area contributed by atoms with Crippen LogP contribution >= 0.6 is 0 Å². The molecule has 1 fully saturated rings. The maximum Gasteiger partial charge on any atom is 0.0899 e. The first-order valence-electron chi connectivity index (χ1n) is 6.22. The lowest BCUT2D eigenvalue weighted by molar-refractivity contribution is 0.151. The van der Waals surface area contributed by atoms with Crippen LogP contribution in [0.1, 0.15) is 37.8 Å². The van der Waals surface area contributed by atoms with Crippen molar-refractivity contribution < 1.29 is 5.11 Å². The normalized spacial score (nSPS) is 17.8. The minimum atomic E-state index is -0.492. The van der Waals surface area contributed by atoms with E-state index in [-0.39, 0.29) is 0 Å². The third-order valence-corrected chi connectivity index (χ3v) is 3.52. The summed E-state index contributed by atoms with van der Waals surface area (Å²) >= 11 is 0. The summed E-state index contributed by atoms with van der Waals surface area (Å²) in [5.74, 6) is 0. The summed E-state index contributed by atoms with van der Waals surface area (Å²) < 4.78 is 0. The number of rotatable bonds is 5. The highest BCUT2D eigenvalue weighted by Crippen LogP contribution is 2.45. The van der Waals surface area contributed by atoms with Crippen LogP contribution in [0.15, 0.2) is 24.3 Å². The molecule has 0 spiro atoms. The maximum absolute atomic E-state index is 9.95. The van der Waals surface area contributed by atoms with Crippen molar-refractivity contribution in [1.29, 1.82) is 0 Å². The predicted molar refractivity (Wildman–Crippen MR) is 66.2 cm³/mol. The number of hydrogen-bond acceptors (Lipinski definition) is 2. The van der Waals surface area contributed by atoms with Crippen molar-refractivity contribution in [3.8, 4) is 0 Å². The summed E-state index contributed by atoms with van der Waals surface area (Å²) in [6, 6.07) is 8.44. The SMILES string of the molecule is CCN(CC)Cc1ccc(C2(O)CC2)cc1. The van der Waals surface area contributed by atoms with E-state index in [1.165, 1.54) is 5.56 Å². The van der Waals surface area contributed by atoms with E-state index >= 15 is 0 Å². The van der Waals surface area contributed by atoms with Crippen LogP contribution in [0.5, 0.6) is 0 Å². The molecule has 0 heterocycles. The zero-order chi connectivity index (χ0) is 11.6. The zero-order valence-electron chi connectivity index (χ0n) is 10.2. The largest absolute Gasteiger partial charge is 0.385 e. The summed E-state index contributed by atoms with van der Waals surface area (Å²) in [4.78, 5) is 2.39. The highest BCUT2D eigenvalue weighted by molar-refractivity contribution is 5.30. The van der Waals surface area contributed by atoms with E-state index < -0.39 is 5.60 Å². The lowest BCUT2D eigenvalue weighted by Crippen LogP contribution is -2.22. The summed E-state index contributed by atoms with van der Waals surface area (Å²) in [5, 5.41) is 9.95. The quantitative estimate of drug-likeness (QED) is 0.822. The molecule has 0 bridgehead atoms. The van der Waals surface area contributed by atoms with Crippen LogP contribution in [0.2, 0.25) is 0 Å². The van der Waals surface area contributed by atoms with Crippen LogP contribution in [0.25, 0.3) is 0 Å². The van der Waals surface area contributed by atoms with Gasteiger partial charge in [-0.05, 0) is 37.1 Å². The Hall–Kier alpha value is -0.860. The van der Waals surface area contributed by atoms with Gasteiger partial charge in [-0.25, -0.2) is 0 Å². The topological polar surface area (TPSA) is 23.5 Å². The standard InChI is InChI=1S/C14H21NO/c1-3-15(4-2)11-12-5-7-13(8-6-12)14(16)9-10-14/h5-8,16H,3-4,9-11H2,1-2H3. The van der Waals surface area contributed by atoms with E-state index in [0.717, 1.165) is 38.0 Å². The summed E-state index contributed by atoms with van der Waals surface area (Å²) in [7, 11) is 0. The van der Waals surface area contributed by atoms with Gasteiger partial charge in [0.2, 0.25) is 0 Å². The molecular formula is C14H21NO. The monoisotopic (exact) mass is 219 g/mol. The summed E-state index contributed by atoms with van der Waals surface area (Å²) in [6.07, 6.45) is 1.84. The van der Waals surface area contributed by atoms with Crippen molar-refractivity contribution in [2.24, 2.45) is 0 Å². The Balaban J connectivity index is 2.02. The van der Waals surface area contributed by atoms with Gasteiger partial charge < -0.3 is 5.11 Å².